The summed E-state index contributed by atoms with van der Waals surface area (Å²) >= 11 is 0. The number of pyridine rings is 1. The fourth-order valence-electron chi connectivity index (χ4n) is 2.75. The first-order valence-electron chi connectivity index (χ1n) is 7.05. The number of nitrogens with one attached hydrogen (secondary N) is 1. The number of rotatable bonds is 4. The lowest BCUT2D eigenvalue weighted by Gasteiger charge is -2.26. The molecule has 0 bridgehead atoms. The average Bonchev–Trinajstić information content (AvgIpc) is 2.45. The quantitative estimate of drug-likeness (QED) is 0.884. The lowest BCUT2D eigenvalue weighted by molar-refractivity contribution is 0.0690. The summed E-state index contributed by atoms with van der Waals surface area (Å²) in [5.41, 5.74) is 0.0534. The molecule has 108 valence electrons. The zero-order valence-electron chi connectivity index (χ0n) is 11.6. The van der Waals surface area contributed by atoms with Crippen LogP contribution in [0.25, 0.3) is 0 Å². The van der Waals surface area contributed by atoms with E-state index in [1.807, 2.05) is 0 Å². The molecule has 2 N–H and O–H groups in total. The number of carbonyl (C=O) groups excluding carboxylic acids is 1. The maximum absolute atomic E-state index is 12.0. The van der Waals surface area contributed by atoms with E-state index in [0.717, 1.165) is 18.8 Å². The summed E-state index contributed by atoms with van der Waals surface area (Å²) in [4.78, 5) is 26.6. The Bertz CT molecular complexity index is 502. The molecule has 1 aromatic rings. The normalized spacial score (nSPS) is 22.2. The zero-order chi connectivity index (χ0) is 14.5. The Kier molecular flexibility index (Phi) is 4.71. The Labute approximate surface area is 118 Å². The molecule has 1 saturated carbocycles. The third-order valence-electron chi connectivity index (χ3n) is 3.80. The third-order valence-corrected chi connectivity index (χ3v) is 3.80. The Balaban J connectivity index is 1.91. The Morgan fingerprint density at radius 1 is 1.35 bits per heavy atom. The van der Waals surface area contributed by atoms with Gasteiger partial charge in [-0.25, -0.2) is 9.78 Å². The molecule has 20 heavy (non-hydrogen) atoms. The average molecular weight is 276 g/mol. The first-order chi connectivity index (χ1) is 9.56. The maximum Gasteiger partial charge on any atom is 0.354 e. The van der Waals surface area contributed by atoms with Gasteiger partial charge in [-0.05, 0) is 36.8 Å². The second-order valence-corrected chi connectivity index (χ2v) is 5.56. The van der Waals surface area contributed by atoms with Crippen LogP contribution in [-0.2, 0) is 0 Å². The van der Waals surface area contributed by atoms with Gasteiger partial charge in [-0.2, -0.15) is 0 Å². The predicted molar refractivity (Wildman–Crippen MR) is 74.7 cm³/mol. The molecule has 1 aliphatic carbocycles. The predicted octanol–water partition coefficient (Wildman–Crippen LogP) is 2.34. The second kappa shape index (κ2) is 6.50. The smallest absolute Gasteiger partial charge is 0.354 e. The van der Waals surface area contributed by atoms with Gasteiger partial charge in [0.1, 0.15) is 11.4 Å². The van der Waals surface area contributed by atoms with Crippen LogP contribution in [0.15, 0.2) is 18.2 Å². The minimum Gasteiger partial charge on any atom is -0.477 e. The van der Waals surface area contributed by atoms with E-state index in [4.69, 9.17) is 5.11 Å². The van der Waals surface area contributed by atoms with Crippen molar-refractivity contribution in [2.24, 2.45) is 11.8 Å². The molecule has 2 atom stereocenters. The van der Waals surface area contributed by atoms with Gasteiger partial charge >= 0.3 is 5.97 Å². The largest absolute Gasteiger partial charge is 0.477 e. The number of aromatic nitrogens is 1. The molecule has 1 aromatic heterocycles. The molecule has 5 heteroatoms. The molecule has 0 aliphatic heterocycles. The van der Waals surface area contributed by atoms with E-state index in [9.17, 15) is 9.59 Å². The van der Waals surface area contributed by atoms with Crippen LogP contribution in [0.1, 0.15) is 53.6 Å². The molecular weight excluding hydrogens is 256 g/mol. The summed E-state index contributed by atoms with van der Waals surface area (Å²) in [6, 6.07) is 4.45. The number of amides is 1. The molecule has 2 rings (SSSR count). The Hall–Kier alpha value is -1.91. The van der Waals surface area contributed by atoms with E-state index < -0.39 is 5.97 Å². The van der Waals surface area contributed by atoms with Crippen molar-refractivity contribution in [2.75, 3.05) is 6.54 Å². The van der Waals surface area contributed by atoms with E-state index in [-0.39, 0.29) is 17.3 Å². The maximum atomic E-state index is 12.0. The molecule has 0 saturated heterocycles. The summed E-state index contributed by atoms with van der Waals surface area (Å²) in [6.45, 7) is 2.88. The highest BCUT2D eigenvalue weighted by Gasteiger charge is 2.20. The van der Waals surface area contributed by atoms with Crippen LogP contribution in [0.3, 0.4) is 0 Å². The van der Waals surface area contributed by atoms with Crippen LogP contribution in [0.5, 0.6) is 0 Å². The number of hydrogen-bond donors (Lipinski definition) is 2. The van der Waals surface area contributed by atoms with Gasteiger partial charge in [0.05, 0.1) is 0 Å². The monoisotopic (exact) mass is 276 g/mol. The lowest BCUT2D eigenvalue weighted by Crippen LogP contribution is -2.32. The van der Waals surface area contributed by atoms with Gasteiger partial charge in [0.15, 0.2) is 0 Å². The second-order valence-electron chi connectivity index (χ2n) is 5.56. The van der Waals surface area contributed by atoms with Gasteiger partial charge < -0.3 is 10.4 Å². The molecule has 5 nitrogen and oxygen atoms in total. The Morgan fingerprint density at radius 2 is 2.10 bits per heavy atom. The van der Waals surface area contributed by atoms with Gasteiger partial charge in [-0.15, -0.1) is 0 Å². The van der Waals surface area contributed by atoms with Crippen LogP contribution >= 0.6 is 0 Å². The number of carboxylic acids is 1. The van der Waals surface area contributed by atoms with Crippen molar-refractivity contribution in [3.8, 4) is 0 Å². The fraction of sp³-hybridized carbons (Fsp3) is 0.533. The van der Waals surface area contributed by atoms with Crippen molar-refractivity contribution in [1.82, 2.24) is 10.3 Å². The fourth-order valence-corrected chi connectivity index (χ4v) is 2.75. The van der Waals surface area contributed by atoms with Gasteiger partial charge in [-0.3, -0.25) is 4.79 Å². The van der Waals surface area contributed by atoms with E-state index in [0.29, 0.717) is 12.5 Å². The number of carbonyl (C=O) groups is 2. The lowest BCUT2D eigenvalue weighted by atomic mass is 9.82. The van der Waals surface area contributed by atoms with Crippen molar-refractivity contribution < 1.29 is 14.7 Å². The molecule has 2 unspecified atom stereocenters. The first-order valence-corrected chi connectivity index (χ1v) is 7.05. The number of carboxylic acid groups (broad SMARTS) is 1. The van der Waals surface area contributed by atoms with Gasteiger partial charge in [0.25, 0.3) is 5.91 Å². The minimum absolute atomic E-state index is 0.107. The van der Waals surface area contributed by atoms with Crippen molar-refractivity contribution in [1.29, 1.82) is 0 Å². The number of hydrogen-bond acceptors (Lipinski definition) is 3. The highest BCUT2D eigenvalue weighted by molar-refractivity contribution is 5.94. The highest BCUT2D eigenvalue weighted by Crippen LogP contribution is 2.27. The number of nitrogens with zero attached hydrogens (tertiary/aromatic N) is 1. The topological polar surface area (TPSA) is 79.3 Å². The van der Waals surface area contributed by atoms with Crippen LogP contribution in [0, 0.1) is 11.8 Å². The van der Waals surface area contributed by atoms with Gasteiger partial charge in [0, 0.05) is 6.54 Å². The summed E-state index contributed by atoms with van der Waals surface area (Å²) in [5, 5.41) is 11.7. The molecule has 0 radical (unpaired) electrons. The van der Waals surface area contributed by atoms with E-state index in [2.05, 4.69) is 17.2 Å². The van der Waals surface area contributed by atoms with Crippen molar-refractivity contribution in [2.45, 2.75) is 32.6 Å². The standard InChI is InChI=1S/C15H20N2O3/c1-10-4-2-5-11(8-10)9-16-14(18)12-6-3-7-13(17-12)15(19)20/h3,6-7,10-11H,2,4-5,8-9H2,1H3,(H,16,18)(H,19,20). The molecule has 1 fully saturated rings. The summed E-state index contributed by atoms with van der Waals surface area (Å²) in [7, 11) is 0. The van der Waals surface area contributed by atoms with E-state index in [1.165, 1.54) is 31.0 Å². The van der Waals surface area contributed by atoms with Crippen molar-refractivity contribution in [3.63, 3.8) is 0 Å². The molecule has 0 aromatic carbocycles. The molecule has 0 spiro atoms. The van der Waals surface area contributed by atoms with Crippen molar-refractivity contribution in [3.05, 3.63) is 29.6 Å². The summed E-state index contributed by atoms with van der Waals surface area (Å²) in [6.07, 6.45) is 4.78. The molecule has 1 aliphatic rings. The van der Waals surface area contributed by atoms with E-state index in [1.54, 1.807) is 0 Å². The highest BCUT2D eigenvalue weighted by atomic mass is 16.4. The zero-order valence-corrected chi connectivity index (χ0v) is 11.6. The van der Waals surface area contributed by atoms with Crippen LogP contribution in [-0.4, -0.2) is 28.5 Å². The molecule has 1 amide bonds. The molecule has 1 heterocycles. The summed E-state index contributed by atoms with van der Waals surface area (Å²) < 4.78 is 0. The summed E-state index contributed by atoms with van der Waals surface area (Å²) in [5.74, 6) is -0.184. The van der Waals surface area contributed by atoms with E-state index >= 15 is 0 Å². The van der Waals surface area contributed by atoms with Crippen LogP contribution < -0.4 is 5.32 Å². The van der Waals surface area contributed by atoms with Crippen molar-refractivity contribution >= 4 is 11.9 Å². The minimum atomic E-state index is -1.12. The van der Waals surface area contributed by atoms with Crippen LogP contribution in [0.4, 0.5) is 0 Å². The third kappa shape index (κ3) is 3.79. The molecular formula is C15H20N2O3. The Morgan fingerprint density at radius 3 is 2.80 bits per heavy atom. The first kappa shape index (κ1) is 14.5. The van der Waals surface area contributed by atoms with Crippen LogP contribution in [0.2, 0.25) is 0 Å². The SMILES string of the molecule is CC1CCCC(CNC(=O)c2cccc(C(=O)O)n2)C1. The van der Waals surface area contributed by atoms with Gasteiger partial charge in [-0.1, -0.05) is 25.8 Å². The van der Waals surface area contributed by atoms with Gasteiger partial charge in [0.2, 0.25) is 0 Å². The number of aromatic carboxylic acids is 1.